The normalized spacial score (nSPS) is 29.4. The molecule has 30 heavy (non-hydrogen) atoms. The van der Waals surface area contributed by atoms with Crippen LogP contribution < -0.4 is 0 Å². The zero-order valence-corrected chi connectivity index (χ0v) is 22.1. The second kappa shape index (κ2) is 11.1. The highest BCUT2D eigenvalue weighted by Gasteiger charge is 2.47. The Kier molecular flexibility index (Phi) is 9.67. The molecule has 3 aliphatic heterocycles. The molecule has 1 spiro atoms. The molecule has 0 aromatic heterocycles. The maximum absolute atomic E-state index is 2.76. The van der Waals surface area contributed by atoms with Gasteiger partial charge in [0.25, 0.3) is 0 Å². The second-order valence-corrected chi connectivity index (χ2v) is 11.1. The first kappa shape index (κ1) is 26.1. The fourth-order valence-corrected chi connectivity index (χ4v) is 6.29. The first-order valence-corrected chi connectivity index (χ1v) is 13.2. The number of likely N-dealkylation sites (tertiary alicyclic amines) is 2. The van der Waals surface area contributed by atoms with Crippen LogP contribution in [0.4, 0.5) is 0 Å². The molecule has 3 saturated heterocycles. The van der Waals surface area contributed by atoms with Gasteiger partial charge in [-0.1, -0.05) is 13.8 Å². The number of fused-ring (bicyclic) bond motifs is 2. The quantitative estimate of drug-likeness (QED) is 0.637. The summed E-state index contributed by atoms with van der Waals surface area (Å²) in [5.74, 6) is 0. The molecule has 4 fully saturated rings. The molecule has 4 aliphatic rings. The van der Waals surface area contributed by atoms with Gasteiger partial charge in [0.15, 0.2) is 0 Å². The van der Waals surface area contributed by atoms with Crippen LogP contribution in [0, 0.1) is 0 Å². The lowest BCUT2D eigenvalue weighted by Crippen LogP contribution is -2.67. The largest absolute Gasteiger partial charge is 0.298 e. The Morgan fingerprint density at radius 1 is 0.667 bits per heavy atom. The van der Waals surface area contributed by atoms with Gasteiger partial charge in [-0.3, -0.25) is 19.6 Å². The summed E-state index contributed by atoms with van der Waals surface area (Å²) in [6.07, 6.45) is 5.70. The summed E-state index contributed by atoms with van der Waals surface area (Å²) >= 11 is 0. The van der Waals surface area contributed by atoms with Gasteiger partial charge < -0.3 is 0 Å². The highest BCUT2D eigenvalue weighted by Crippen LogP contribution is 2.41. The molecular weight excluding hydrogens is 368 g/mol. The van der Waals surface area contributed by atoms with Crippen LogP contribution in [0.15, 0.2) is 0 Å². The predicted molar refractivity (Wildman–Crippen MR) is 132 cm³/mol. The molecule has 4 rings (SSSR count). The van der Waals surface area contributed by atoms with Crippen molar-refractivity contribution in [2.24, 2.45) is 0 Å². The summed E-state index contributed by atoms with van der Waals surface area (Å²) < 4.78 is 0. The number of hydrogen-bond acceptors (Lipinski definition) is 4. The third kappa shape index (κ3) is 5.60. The van der Waals surface area contributed by atoms with E-state index in [1.54, 1.807) is 0 Å². The zero-order valence-electron chi connectivity index (χ0n) is 22.1. The van der Waals surface area contributed by atoms with Gasteiger partial charge in [0.2, 0.25) is 0 Å². The van der Waals surface area contributed by atoms with Crippen LogP contribution in [-0.4, -0.2) is 94.1 Å². The van der Waals surface area contributed by atoms with Crippen molar-refractivity contribution >= 4 is 0 Å². The molecule has 178 valence electrons. The SMILES string of the molecule is CC.CC(C)N1CC2CC1CN2C(C)C.CC(C)N1CCN(C(C)C)C2(CCC2)C1. The van der Waals surface area contributed by atoms with Crippen molar-refractivity contribution in [3.8, 4) is 0 Å². The van der Waals surface area contributed by atoms with Gasteiger partial charge in [-0.25, -0.2) is 0 Å². The lowest BCUT2D eigenvalue weighted by molar-refractivity contribution is -0.0774. The molecule has 4 nitrogen and oxygen atoms in total. The van der Waals surface area contributed by atoms with Crippen LogP contribution in [0.5, 0.6) is 0 Å². The van der Waals surface area contributed by atoms with Gasteiger partial charge in [0, 0.05) is 74.5 Å². The van der Waals surface area contributed by atoms with Crippen molar-refractivity contribution in [1.29, 1.82) is 0 Å². The third-order valence-electron chi connectivity index (χ3n) is 8.02. The molecule has 0 N–H and O–H groups in total. The fraction of sp³-hybridized carbons (Fsp3) is 1.00. The lowest BCUT2D eigenvalue weighted by Gasteiger charge is -2.58. The molecule has 2 atom stereocenters. The molecular formula is C26H54N4. The van der Waals surface area contributed by atoms with Gasteiger partial charge >= 0.3 is 0 Å². The van der Waals surface area contributed by atoms with Gasteiger partial charge in [0.1, 0.15) is 0 Å². The van der Waals surface area contributed by atoms with Crippen molar-refractivity contribution in [2.45, 2.75) is 137 Å². The van der Waals surface area contributed by atoms with E-state index >= 15 is 0 Å². The van der Waals surface area contributed by atoms with Crippen molar-refractivity contribution in [3.05, 3.63) is 0 Å². The first-order chi connectivity index (χ1) is 14.1. The summed E-state index contributed by atoms with van der Waals surface area (Å²) in [6, 6.07) is 4.63. The van der Waals surface area contributed by atoms with E-state index in [0.29, 0.717) is 5.54 Å². The predicted octanol–water partition coefficient (Wildman–Crippen LogP) is 4.93. The Bertz CT molecular complexity index is 477. The minimum absolute atomic E-state index is 0.552. The Labute approximate surface area is 189 Å². The summed E-state index contributed by atoms with van der Waals surface area (Å²) in [6.45, 7) is 29.1. The van der Waals surface area contributed by atoms with Crippen LogP contribution in [0.1, 0.15) is 94.9 Å². The topological polar surface area (TPSA) is 13.0 Å². The molecule has 0 amide bonds. The molecule has 3 heterocycles. The smallest absolute Gasteiger partial charge is 0.0339 e. The molecule has 1 saturated carbocycles. The molecule has 2 unspecified atom stereocenters. The molecule has 0 aromatic carbocycles. The van der Waals surface area contributed by atoms with Crippen molar-refractivity contribution in [1.82, 2.24) is 19.6 Å². The van der Waals surface area contributed by atoms with E-state index in [2.05, 4.69) is 75.0 Å². The minimum atomic E-state index is 0.552. The Morgan fingerprint density at radius 2 is 1.17 bits per heavy atom. The second-order valence-electron chi connectivity index (χ2n) is 11.1. The highest BCUT2D eigenvalue weighted by atomic mass is 15.4. The van der Waals surface area contributed by atoms with Crippen molar-refractivity contribution in [2.75, 3.05) is 32.7 Å². The standard InChI is InChI=1S/C13H26N2.C11H22N2.C2H6/c1-11(2)14-8-9-15(12(3)4)13(10-14)6-5-7-13;1-8(2)12-6-11-5-10(12)7-13(11)9(3)4;1-2/h11-12H,5-10H2,1-4H3;8-11H,5-7H2,1-4H3;1-2H3. The Balaban J connectivity index is 0.000000199. The summed E-state index contributed by atoms with van der Waals surface area (Å²) in [5, 5.41) is 0. The van der Waals surface area contributed by atoms with E-state index in [1.165, 1.54) is 58.4 Å². The monoisotopic (exact) mass is 422 g/mol. The Hall–Kier alpha value is -0.160. The fourth-order valence-electron chi connectivity index (χ4n) is 6.29. The molecule has 4 heteroatoms. The number of piperazine rings is 2. The van der Waals surface area contributed by atoms with Gasteiger partial charge in [-0.2, -0.15) is 0 Å². The van der Waals surface area contributed by atoms with Crippen LogP contribution in [0.3, 0.4) is 0 Å². The van der Waals surface area contributed by atoms with Crippen LogP contribution in [0.2, 0.25) is 0 Å². The van der Waals surface area contributed by atoms with E-state index in [4.69, 9.17) is 0 Å². The van der Waals surface area contributed by atoms with Gasteiger partial charge in [-0.15, -0.1) is 0 Å². The summed E-state index contributed by atoms with van der Waals surface area (Å²) in [5.41, 5.74) is 0.552. The average molecular weight is 423 g/mol. The molecule has 1 aliphatic carbocycles. The van der Waals surface area contributed by atoms with E-state index in [1.807, 2.05) is 13.8 Å². The van der Waals surface area contributed by atoms with Crippen LogP contribution in [-0.2, 0) is 0 Å². The number of nitrogens with zero attached hydrogens (tertiary/aromatic N) is 4. The lowest BCUT2D eigenvalue weighted by atomic mass is 9.73. The summed E-state index contributed by atoms with van der Waals surface area (Å²) in [4.78, 5) is 10.8. The average Bonchev–Trinajstić information content (AvgIpc) is 3.29. The van der Waals surface area contributed by atoms with Crippen LogP contribution >= 0.6 is 0 Å². The van der Waals surface area contributed by atoms with E-state index < -0.39 is 0 Å². The number of hydrogen-bond donors (Lipinski definition) is 0. The summed E-state index contributed by atoms with van der Waals surface area (Å²) in [7, 11) is 0. The first-order valence-electron chi connectivity index (χ1n) is 13.2. The maximum Gasteiger partial charge on any atom is 0.0339 e. The van der Waals surface area contributed by atoms with E-state index in [-0.39, 0.29) is 0 Å². The molecule has 2 bridgehead atoms. The zero-order chi connectivity index (χ0) is 22.6. The minimum Gasteiger partial charge on any atom is -0.298 e. The van der Waals surface area contributed by atoms with Gasteiger partial charge in [0.05, 0.1) is 0 Å². The van der Waals surface area contributed by atoms with Gasteiger partial charge in [-0.05, 0) is 81.1 Å². The van der Waals surface area contributed by atoms with E-state index in [9.17, 15) is 0 Å². The van der Waals surface area contributed by atoms with Crippen LogP contribution in [0.25, 0.3) is 0 Å². The highest BCUT2D eigenvalue weighted by molar-refractivity contribution is 5.04. The number of rotatable bonds is 4. The van der Waals surface area contributed by atoms with Crippen molar-refractivity contribution in [3.63, 3.8) is 0 Å². The van der Waals surface area contributed by atoms with Crippen molar-refractivity contribution < 1.29 is 0 Å². The maximum atomic E-state index is 2.76. The molecule has 0 radical (unpaired) electrons. The molecule has 0 aromatic rings. The Morgan fingerprint density at radius 3 is 1.47 bits per heavy atom. The van der Waals surface area contributed by atoms with E-state index in [0.717, 1.165) is 36.3 Å². The third-order valence-corrected chi connectivity index (χ3v) is 8.02.